The molecule has 7 nitrogen and oxygen atoms in total. The summed E-state index contributed by atoms with van der Waals surface area (Å²) in [5, 5.41) is 22.8. The number of piperidine rings is 2. The Hall–Kier alpha value is -3.33. The van der Waals surface area contributed by atoms with Crippen molar-refractivity contribution < 1.29 is 13.9 Å². The van der Waals surface area contributed by atoms with Gasteiger partial charge in [-0.05, 0) is 75.8 Å². The van der Waals surface area contributed by atoms with E-state index < -0.39 is 17.4 Å². The minimum Gasteiger partial charge on any atom is -0.507 e. The lowest BCUT2D eigenvalue weighted by Gasteiger charge is -2.55. The van der Waals surface area contributed by atoms with Crippen molar-refractivity contribution in [2.75, 3.05) is 11.9 Å². The highest BCUT2D eigenvalue weighted by atomic mass is 19.2. The second-order valence-electron chi connectivity index (χ2n) is 10.9. The summed E-state index contributed by atoms with van der Waals surface area (Å²) in [6.07, 6.45) is 6.90. The SMILES string of the molecule is CN(c1ccc(-c2c(O)cc(-c3ccn(C)c(=O)c3)c(F)c2F)nn1)[C@@H]1C[C@]2(C)CCC[C@](C)(C1)N2. The zero-order valence-corrected chi connectivity index (χ0v) is 21.0. The van der Waals surface area contributed by atoms with Crippen molar-refractivity contribution in [3.05, 3.63) is 58.5 Å². The Labute approximate surface area is 208 Å². The van der Waals surface area contributed by atoms with Gasteiger partial charge in [-0.25, -0.2) is 8.78 Å². The van der Waals surface area contributed by atoms with Gasteiger partial charge in [0.1, 0.15) is 5.75 Å². The fraction of sp³-hybridized carbons (Fsp3) is 0.444. The van der Waals surface area contributed by atoms with Gasteiger partial charge in [0.2, 0.25) is 0 Å². The van der Waals surface area contributed by atoms with Crippen molar-refractivity contribution in [2.24, 2.45) is 7.05 Å². The molecule has 2 aliphatic heterocycles. The van der Waals surface area contributed by atoms with Crippen molar-refractivity contribution in [2.45, 2.75) is 63.1 Å². The van der Waals surface area contributed by atoms with Crippen LogP contribution in [0.5, 0.6) is 5.75 Å². The summed E-state index contributed by atoms with van der Waals surface area (Å²) in [6, 6.07) is 7.31. The number of aromatic nitrogens is 3. The van der Waals surface area contributed by atoms with Crippen LogP contribution in [0, 0.1) is 11.6 Å². The van der Waals surface area contributed by atoms with E-state index in [-0.39, 0.29) is 45.1 Å². The molecule has 190 valence electrons. The number of pyridine rings is 1. The first-order valence-electron chi connectivity index (χ1n) is 12.2. The number of phenols is 1. The van der Waals surface area contributed by atoms with Gasteiger partial charge in [0.15, 0.2) is 17.5 Å². The summed E-state index contributed by atoms with van der Waals surface area (Å²) in [7, 11) is 3.54. The van der Waals surface area contributed by atoms with E-state index in [4.69, 9.17) is 0 Å². The molecule has 36 heavy (non-hydrogen) atoms. The fourth-order valence-electron chi connectivity index (χ4n) is 6.03. The van der Waals surface area contributed by atoms with Gasteiger partial charge < -0.3 is 19.9 Å². The van der Waals surface area contributed by atoms with E-state index in [1.54, 1.807) is 19.2 Å². The van der Waals surface area contributed by atoms with E-state index in [2.05, 4.69) is 34.3 Å². The molecule has 2 aliphatic rings. The fourth-order valence-corrected chi connectivity index (χ4v) is 6.03. The van der Waals surface area contributed by atoms with Crippen LogP contribution in [0.15, 0.2) is 41.3 Å². The van der Waals surface area contributed by atoms with E-state index in [0.717, 1.165) is 31.7 Å². The minimum absolute atomic E-state index is 0.0256. The second kappa shape index (κ2) is 8.65. The van der Waals surface area contributed by atoms with E-state index >= 15 is 8.78 Å². The predicted molar refractivity (Wildman–Crippen MR) is 135 cm³/mol. The zero-order valence-electron chi connectivity index (χ0n) is 21.0. The molecule has 2 fully saturated rings. The molecule has 1 aromatic carbocycles. The Balaban J connectivity index is 1.43. The van der Waals surface area contributed by atoms with Crippen LogP contribution >= 0.6 is 0 Å². The van der Waals surface area contributed by atoms with E-state index in [1.165, 1.54) is 29.3 Å². The summed E-state index contributed by atoms with van der Waals surface area (Å²) in [4.78, 5) is 14.0. The molecule has 0 radical (unpaired) electrons. The van der Waals surface area contributed by atoms with Gasteiger partial charge in [-0.15, -0.1) is 10.2 Å². The standard InChI is InChI=1S/C27H31F2N5O2/c1-26-9-5-10-27(2,32-26)15-17(14-26)34(4)21-7-6-19(30-31-21)23-20(35)13-18(24(28)25(23)29)16-8-11-33(3)22(36)12-16/h6-8,11-13,17,32,35H,5,9-10,14-15H2,1-4H3/t17-,26+,27-. The lowest BCUT2D eigenvalue weighted by Crippen LogP contribution is -2.66. The molecule has 2 N–H and O–H groups in total. The number of phenolic OH excluding ortho intramolecular Hbond substituents is 1. The molecule has 2 saturated heterocycles. The first-order chi connectivity index (χ1) is 17.0. The molecule has 2 bridgehead atoms. The van der Waals surface area contributed by atoms with Crippen molar-refractivity contribution in [1.29, 1.82) is 0 Å². The third-order valence-electron chi connectivity index (χ3n) is 7.85. The van der Waals surface area contributed by atoms with Gasteiger partial charge in [0.05, 0.1) is 11.3 Å². The maximum absolute atomic E-state index is 15.1. The molecule has 3 aromatic rings. The van der Waals surface area contributed by atoms with Gasteiger partial charge >= 0.3 is 0 Å². The maximum Gasteiger partial charge on any atom is 0.250 e. The summed E-state index contributed by atoms with van der Waals surface area (Å²) in [5.74, 6) is -2.25. The van der Waals surface area contributed by atoms with Crippen LogP contribution in [-0.2, 0) is 7.05 Å². The molecule has 0 spiro atoms. The van der Waals surface area contributed by atoms with Crippen LogP contribution in [0.2, 0.25) is 0 Å². The third-order valence-corrected chi connectivity index (χ3v) is 7.85. The highest BCUT2D eigenvalue weighted by Gasteiger charge is 2.46. The normalized spacial score (nSPS) is 25.6. The quantitative estimate of drug-likeness (QED) is 0.559. The number of benzene rings is 1. The van der Waals surface area contributed by atoms with Crippen LogP contribution < -0.4 is 15.8 Å². The predicted octanol–water partition coefficient (Wildman–Crippen LogP) is 4.38. The van der Waals surface area contributed by atoms with Crippen LogP contribution in [0.1, 0.15) is 46.0 Å². The molecule has 5 rings (SSSR count). The molecular formula is C27H31F2N5O2. The number of halogens is 2. The number of fused-ring (bicyclic) bond motifs is 2. The van der Waals surface area contributed by atoms with Gasteiger partial charge in [0, 0.05) is 49.0 Å². The Morgan fingerprint density at radius 2 is 1.78 bits per heavy atom. The number of aryl methyl sites for hydroxylation is 1. The highest BCUT2D eigenvalue weighted by molar-refractivity contribution is 5.75. The van der Waals surface area contributed by atoms with Crippen LogP contribution in [0.4, 0.5) is 14.6 Å². The number of aromatic hydroxyl groups is 1. The van der Waals surface area contributed by atoms with Crippen molar-refractivity contribution >= 4 is 5.82 Å². The van der Waals surface area contributed by atoms with Crippen molar-refractivity contribution in [3.8, 4) is 28.1 Å². The molecule has 0 unspecified atom stereocenters. The topological polar surface area (TPSA) is 83.3 Å². The molecule has 9 heteroatoms. The summed E-state index contributed by atoms with van der Waals surface area (Å²) in [6.45, 7) is 4.55. The number of hydrogen-bond acceptors (Lipinski definition) is 6. The average Bonchev–Trinajstić information content (AvgIpc) is 2.82. The molecule has 4 heterocycles. The summed E-state index contributed by atoms with van der Waals surface area (Å²) < 4.78 is 31.5. The maximum atomic E-state index is 15.1. The van der Waals surface area contributed by atoms with E-state index in [0.29, 0.717) is 5.82 Å². The van der Waals surface area contributed by atoms with Gasteiger partial charge in [-0.2, -0.15) is 0 Å². The molecule has 0 amide bonds. The molecule has 0 saturated carbocycles. The Kier molecular flexibility index (Phi) is 5.86. The van der Waals surface area contributed by atoms with Crippen molar-refractivity contribution in [1.82, 2.24) is 20.1 Å². The third kappa shape index (κ3) is 4.25. The number of rotatable bonds is 4. The van der Waals surface area contributed by atoms with Crippen molar-refractivity contribution in [3.63, 3.8) is 0 Å². The Morgan fingerprint density at radius 1 is 1.08 bits per heavy atom. The average molecular weight is 496 g/mol. The van der Waals surface area contributed by atoms with E-state index in [9.17, 15) is 9.90 Å². The molecule has 3 atom stereocenters. The van der Waals surface area contributed by atoms with Crippen LogP contribution in [0.3, 0.4) is 0 Å². The number of hydrogen-bond donors (Lipinski definition) is 2. The van der Waals surface area contributed by atoms with Gasteiger partial charge in [0.25, 0.3) is 5.56 Å². The number of nitrogens with zero attached hydrogens (tertiary/aromatic N) is 4. The largest absolute Gasteiger partial charge is 0.507 e. The lowest BCUT2D eigenvalue weighted by atomic mass is 9.69. The van der Waals surface area contributed by atoms with Crippen LogP contribution in [0.25, 0.3) is 22.4 Å². The van der Waals surface area contributed by atoms with E-state index in [1.807, 2.05) is 7.05 Å². The molecule has 0 aliphatic carbocycles. The van der Waals surface area contributed by atoms with Gasteiger partial charge in [-0.3, -0.25) is 4.79 Å². The molecular weight excluding hydrogens is 464 g/mol. The monoisotopic (exact) mass is 495 g/mol. The Bertz CT molecular complexity index is 1360. The molecule has 2 aromatic heterocycles. The van der Waals surface area contributed by atoms with Gasteiger partial charge in [-0.1, -0.05) is 0 Å². The number of anilines is 1. The number of nitrogens with one attached hydrogen (secondary N) is 1. The van der Waals surface area contributed by atoms with Crippen LogP contribution in [-0.4, -0.2) is 44.0 Å². The minimum atomic E-state index is -1.24. The Morgan fingerprint density at radius 3 is 2.39 bits per heavy atom. The summed E-state index contributed by atoms with van der Waals surface area (Å²) in [5.41, 5.74) is -0.579. The smallest absolute Gasteiger partial charge is 0.250 e. The second-order valence-corrected chi connectivity index (χ2v) is 10.9. The zero-order chi connectivity index (χ0) is 25.8. The first-order valence-corrected chi connectivity index (χ1v) is 12.2. The first kappa shape index (κ1) is 24.4. The summed E-state index contributed by atoms with van der Waals surface area (Å²) >= 11 is 0. The highest BCUT2D eigenvalue weighted by Crippen LogP contribution is 2.42. The lowest BCUT2D eigenvalue weighted by molar-refractivity contribution is 0.0784.